The summed E-state index contributed by atoms with van der Waals surface area (Å²) < 4.78 is 0.208. The van der Waals surface area contributed by atoms with Crippen molar-refractivity contribution in [2.24, 2.45) is 0 Å². The number of carboxylic acid groups (broad SMARTS) is 1. The van der Waals surface area contributed by atoms with Crippen molar-refractivity contribution in [3.05, 3.63) is 46.1 Å². The van der Waals surface area contributed by atoms with Crippen LogP contribution in [0.5, 0.6) is 0 Å². The van der Waals surface area contributed by atoms with Crippen LogP contribution in [0.25, 0.3) is 0 Å². The summed E-state index contributed by atoms with van der Waals surface area (Å²) in [5.41, 5.74) is 0.286. The Bertz CT molecular complexity index is 595. The van der Waals surface area contributed by atoms with Gasteiger partial charge in [0.25, 0.3) is 5.91 Å². The molecule has 0 saturated heterocycles. The van der Waals surface area contributed by atoms with Crippen LogP contribution >= 0.6 is 15.9 Å². The highest BCUT2D eigenvalue weighted by Gasteiger charge is 2.18. The summed E-state index contributed by atoms with van der Waals surface area (Å²) in [7, 11) is 0. The molecule has 0 aliphatic rings. The van der Waals surface area contributed by atoms with Gasteiger partial charge in [-0.15, -0.1) is 0 Å². The molecular weight excluding hydrogens is 302 g/mol. The predicted octanol–water partition coefficient (Wildman–Crippen LogP) is 2.12. The number of aromatic amines is 1. The van der Waals surface area contributed by atoms with Gasteiger partial charge in [-0.1, -0.05) is 18.2 Å². The number of amides is 1. The summed E-state index contributed by atoms with van der Waals surface area (Å²) in [6.07, 6.45) is 0. The summed E-state index contributed by atoms with van der Waals surface area (Å²) in [4.78, 5) is 22.6. The molecule has 0 radical (unpaired) electrons. The van der Waals surface area contributed by atoms with Gasteiger partial charge in [0.05, 0.1) is 4.47 Å². The van der Waals surface area contributed by atoms with Gasteiger partial charge >= 0.3 is 5.97 Å². The third-order valence-electron chi connectivity index (χ3n) is 2.18. The van der Waals surface area contributed by atoms with Gasteiger partial charge in [-0.3, -0.25) is 9.89 Å². The molecule has 1 aromatic carbocycles. The second kappa shape index (κ2) is 5.01. The third-order valence-corrected chi connectivity index (χ3v) is 2.96. The minimum absolute atomic E-state index is 0.182. The lowest BCUT2D eigenvalue weighted by Crippen LogP contribution is -2.12. The maximum atomic E-state index is 11.8. The Balaban J connectivity index is 2.20. The van der Waals surface area contributed by atoms with E-state index in [4.69, 9.17) is 5.11 Å². The molecular formula is C11H8BrN3O3. The zero-order valence-electron chi connectivity index (χ0n) is 8.98. The topological polar surface area (TPSA) is 95.1 Å². The van der Waals surface area contributed by atoms with E-state index < -0.39 is 5.97 Å². The molecule has 6 nitrogen and oxygen atoms in total. The number of aromatic nitrogens is 2. The lowest BCUT2D eigenvalue weighted by molar-refractivity contribution is 0.0689. The normalized spacial score (nSPS) is 10.1. The Labute approximate surface area is 110 Å². The molecule has 1 aromatic heterocycles. The molecule has 0 bridgehead atoms. The molecule has 0 atom stereocenters. The number of hydrogen-bond acceptors (Lipinski definition) is 3. The Morgan fingerprint density at radius 2 is 1.94 bits per heavy atom. The number of aromatic carboxylic acids is 1. The predicted molar refractivity (Wildman–Crippen MR) is 67.6 cm³/mol. The van der Waals surface area contributed by atoms with Crippen LogP contribution in [-0.4, -0.2) is 27.2 Å². The number of rotatable bonds is 3. The van der Waals surface area contributed by atoms with E-state index in [0.717, 1.165) is 0 Å². The molecule has 2 rings (SSSR count). The van der Waals surface area contributed by atoms with Crippen molar-refractivity contribution in [2.45, 2.75) is 0 Å². The van der Waals surface area contributed by atoms with E-state index in [-0.39, 0.29) is 21.9 Å². The standard InChI is InChI=1S/C11H8BrN3O3/c12-7-8(11(17)18)14-15-9(7)13-10(16)6-4-2-1-3-5-6/h1-5H,(H,17,18)(H2,13,14,15,16). The molecule has 7 heteroatoms. The molecule has 0 unspecified atom stereocenters. The molecule has 1 heterocycles. The van der Waals surface area contributed by atoms with Crippen molar-refractivity contribution in [3.63, 3.8) is 0 Å². The average molecular weight is 310 g/mol. The van der Waals surface area contributed by atoms with E-state index in [0.29, 0.717) is 5.56 Å². The number of carbonyl (C=O) groups is 2. The molecule has 92 valence electrons. The van der Waals surface area contributed by atoms with Crippen molar-refractivity contribution in [2.75, 3.05) is 5.32 Å². The van der Waals surface area contributed by atoms with Gasteiger partial charge in [-0.25, -0.2) is 4.79 Å². The zero-order chi connectivity index (χ0) is 13.1. The lowest BCUT2D eigenvalue weighted by atomic mass is 10.2. The van der Waals surface area contributed by atoms with Crippen LogP contribution in [0.3, 0.4) is 0 Å². The fourth-order valence-corrected chi connectivity index (χ4v) is 1.77. The number of benzene rings is 1. The van der Waals surface area contributed by atoms with Crippen LogP contribution < -0.4 is 5.32 Å². The van der Waals surface area contributed by atoms with Crippen molar-refractivity contribution < 1.29 is 14.7 Å². The summed E-state index contributed by atoms with van der Waals surface area (Å²) in [6, 6.07) is 8.57. The monoisotopic (exact) mass is 309 g/mol. The number of nitrogens with one attached hydrogen (secondary N) is 2. The second-order valence-electron chi connectivity index (χ2n) is 3.39. The van der Waals surface area contributed by atoms with Gasteiger partial charge in [0.2, 0.25) is 0 Å². The first-order valence-electron chi connectivity index (χ1n) is 4.93. The van der Waals surface area contributed by atoms with E-state index >= 15 is 0 Å². The number of anilines is 1. The third kappa shape index (κ3) is 2.40. The van der Waals surface area contributed by atoms with Gasteiger partial charge in [-0.05, 0) is 28.1 Å². The number of nitrogens with zero attached hydrogens (tertiary/aromatic N) is 1. The van der Waals surface area contributed by atoms with Crippen molar-refractivity contribution >= 4 is 33.6 Å². The van der Waals surface area contributed by atoms with E-state index in [9.17, 15) is 9.59 Å². The van der Waals surface area contributed by atoms with E-state index in [1.54, 1.807) is 30.3 Å². The van der Waals surface area contributed by atoms with Crippen LogP contribution in [0.2, 0.25) is 0 Å². The average Bonchev–Trinajstić information content (AvgIpc) is 2.72. The highest BCUT2D eigenvalue weighted by molar-refractivity contribution is 9.10. The highest BCUT2D eigenvalue weighted by atomic mass is 79.9. The van der Waals surface area contributed by atoms with Gasteiger partial charge in [0.1, 0.15) is 5.82 Å². The number of halogens is 1. The Morgan fingerprint density at radius 1 is 1.28 bits per heavy atom. The van der Waals surface area contributed by atoms with E-state index in [1.165, 1.54) is 0 Å². The lowest BCUT2D eigenvalue weighted by Gasteiger charge is -2.02. The number of carbonyl (C=O) groups excluding carboxylic acids is 1. The number of H-pyrrole nitrogens is 1. The number of hydrogen-bond donors (Lipinski definition) is 3. The maximum absolute atomic E-state index is 11.8. The summed E-state index contributed by atoms with van der Waals surface area (Å²) in [5.74, 6) is -1.32. The highest BCUT2D eigenvalue weighted by Crippen LogP contribution is 2.24. The fraction of sp³-hybridized carbons (Fsp3) is 0. The number of carboxylic acids is 1. The molecule has 1 amide bonds. The Kier molecular flexibility index (Phi) is 3.42. The quantitative estimate of drug-likeness (QED) is 0.809. The zero-order valence-corrected chi connectivity index (χ0v) is 10.6. The molecule has 0 spiro atoms. The first-order valence-corrected chi connectivity index (χ1v) is 5.72. The van der Waals surface area contributed by atoms with Crippen molar-refractivity contribution in [1.82, 2.24) is 10.2 Å². The van der Waals surface area contributed by atoms with Gasteiger partial charge in [-0.2, -0.15) is 5.10 Å². The summed E-state index contributed by atoms with van der Waals surface area (Å²) >= 11 is 3.06. The maximum Gasteiger partial charge on any atom is 0.357 e. The van der Waals surface area contributed by atoms with Crippen LogP contribution in [0.1, 0.15) is 20.8 Å². The molecule has 18 heavy (non-hydrogen) atoms. The van der Waals surface area contributed by atoms with Crippen LogP contribution in [0.15, 0.2) is 34.8 Å². The smallest absolute Gasteiger partial charge is 0.357 e. The molecule has 3 N–H and O–H groups in total. The molecule has 0 aliphatic carbocycles. The first kappa shape index (κ1) is 12.3. The van der Waals surface area contributed by atoms with Gasteiger partial charge < -0.3 is 10.4 Å². The van der Waals surface area contributed by atoms with Crippen molar-refractivity contribution in [1.29, 1.82) is 0 Å². The minimum Gasteiger partial charge on any atom is -0.476 e. The van der Waals surface area contributed by atoms with Crippen LogP contribution in [-0.2, 0) is 0 Å². The summed E-state index contributed by atoms with van der Waals surface area (Å²) in [6.45, 7) is 0. The molecule has 0 fully saturated rings. The first-order chi connectivity index (χ1) is 8.59. The molecule has 0 aliphatic heterocycles. The van der Waals surface area contributed by atoms with E-state index in [1.807, 2.05) is 0 Å². The van der Waals surface area contributed by atoms with Gasteiger partial charge in [0.15, 0.2) is 5.69 Å². The summed E-state index contributed by atoms with van der Waals surface area (Å²) in [5, 5.41) is 17.4. The Morgan fingerprint density at radius 3 is 2.50 bits per heavy atom. The second-order valence-corrected chi connectivity index (χ2v) is 4.18. The van der Waals surface area contributed by atoms with E-state index in [2.05, 4.69) is 31.4 Å². The van der Waals surface area contributed by atoms with Crippen LogP contribution in [0, 0.1) is 0 Å². The Hall–Kier alpha value is -2.15. The largest absolute Gasteiger partial charge is 0.476 e. The fourth-order valence-electron chi connectivity index (χ4n) is 1.33. The minimum atomic E-state index is -1.18. The van der Waals surface area contributed by atoms with Crippen molar-refractivity contribution in [3.8, 4) is 0 Å². The van der Waals surface area contributed by atoms with Crippen LogP contribution in [0.4, 0.5) is 5.82 Å². The molecule has 0 saturated carbocycles. The molecule has 2 aromatic rings. The SMILES string of the molecule is O=C(Nc1[nH]nc(C(=O)O)c1Br)c1ccccc1. The van der Waals surface area contributed by atoms with Gasteiger partial charge in [0, 0.05) is 5.56 Å².